The third-order valence-corrected chi connectivity index (χ3v) is 5.30. The number of carbonyl (C=O) groups is 1. The van der Waals surface area contributed by atoms with Crippen molar-refractivity contribution in [3.63, 3.8) is 0 Å². The molecule has 0 aliphatic carbocycles. The van der Waals surface area contributed by atoms with Crippen molar-refractivity contribution in [2.45, 2.75) is 26.3 Å². The molecular weight excluding hydrogens is 308 g/mol. The lowest BCUT2D eigenvalue weighted by atomic mass is 9.97. The van der Waals surface area contributed by atoms with E-state index in [-0.39, 0.29) is 11.9 Å². The van der Waals surface area contributed by atoms with Crippen molar-refractivity contribution in [1.82, 2.24) is 9.88 Å². The van der Waals surface area contributed by atoms with Gasteiger partial charge >= 0.3 is 5.97 Å². The second kappa shape index (κ2) is 7.23. The molecule has 0 unspecified atom stereocenters. The predicted molar refractivity (Wildman–Crippen MR) is 92.3 cm³/mol. The van der Waals surface area contributed by atoms with Gasteiger partial charge in [-0.1, -0.05) is 29.8 Å². The van der Waals surface area contributed by atoms with Crippen molar-refractivity contribution in [3.05, 3.63) is 40.9 Å². The second-order valence-electron chi connectivity index (χ2n) is 6.08. The minimum atomic E-state index is -0.0695. The van der Waals surface area contributed by atoms with Gasteiger partial charge in [0.05, 0.1) is 18.7 Å². The average molecular weight is 330 g/mol. The molecule has 2 heterocycles. The number of aromatic nitrogens is 1. The number of ether oxygens (including phenoxy) is 1. The van der Waals surface area contributed by atoms with Crippen LogP contribution in [0.4, 0.5) is 0 Å². The first-order valence-corrected chi connectivity index (χ1v) is 8.85. The number of nitrogens with zero attached hydrogens (tertiary/aromatic N) is 2. The number of hydrogen-bond donors (Lipinski definition) is 0. The van der Waals surface area contributed by atoms with Gasteiger partial charge in [0.15, 0.2) is 0 Å². The minimum Gasteiger partial charge on any atom is -0.469 e. The largest absolute Gasteiger partial charge is 0.469 e. The Morgan fingerprint density at radius 1 is 1.30 bits per heavy atom. The van der Waals surface area contributed by atoms with E-state index in [0.717, 1.165) is 43.2 Å². The standard InChI is InChI=1S/C18H22N2O2S/c1-13-3-5-14(6-4-13)17-19-16(12-23-17)11-20-9-7-15(8-10-20)18(21)22-2/h3-6,12,15H,7-11H2,1-2H3. The predicted octanol–water partition coefficient (Wildman–Crippen LogP) is 3.50. The molecule has 1 aliphatic heterocycles. The van der Waals surface area contributed by atoms with E-state index in [1.807, 2.05) is 0 Å². The summed E-state index contributed by atoms with van der Waals surface area (Å²) in [6, 6.07) is 8.49. The molecule has 3 rings (SSSR count). The quantitative estimate of drug-likeness (QED) is 0.805. The summed E-state index contributed by atoms with van der Waals surface area (Å²) in [5, 5.41) is 3.21. The molecule has 23 heavy (non-hydrogen) atoms. The fraction of sp³-hybridized carbons (Fsp3) is 0.444. The molecule has 122 valence electrons. The normalized spacial score (nSPS) is 16.4. The number of benzene rings is 1. The zero-order valence-corrected chi connectivity index (χ0v) is 14.4. The lowest BCUT2D eigenvalue weighted by Crippen LogP contribution is -2.36. The number of thiazole rings is 1. The molecule has 1 aromatic heterocycles. The Labute approximate surface area is 141 Å². The van der Waals surface area contributed by atoms with Gasteiger partial charge in [-0.2, -0.15) is 0 Å². The smallest absolute Gasteiger partial charge is 0.308 e. The first-order valence-electron chi connectivity index (χ1n) is 7.97. The molecule has 0 saturated carbocycles. The lowest BCUT2D eigenvalue weighted by Gasteiger charge is -2.29. The van der Waals surface area contributed by atoms with Crippen molar-refractivity contribution in [2.75, 3.05) is 20.2 Å². The van der Waals surface area contributed by atoms with E-state index >= 15 is 0 Å². The third kappa shape index (κ3) is 3.98. The number of carbonyl (C=O) groups excluding carboxylic acids is 1. The maximum atomic E-state index is 11.6. The van der Waals surface area contributed by atoms with Crippen LogP contribution in [0.1, 0.15) is 24.1 Å². The fourth-order valence-corrected chi connectivity index (χ4v) is 3.75. The maximum Gasteiger partial charge on any atom is 0.308 e. The molecule has 1 aliphatic rings. The van der Waals surface area contributed by atoms with Gasteiger partial charge in [0, 0.05) is 17.5 Å². The first-order chi connectivity index (χ1) is 11.2. The summed E-state index contributed by atoms with van der Waals surface area (Å²) < 4.78 is 4.84. The van der Waals surface area contributed by atoms with Crippen LogP contribution in [-0.4, -0.2) is 36.1 Å². The van der Waals surface area contributed by atoms with Gasteiger partial charge in [-0.05, 0) is 32.9 Å². The van der Waals surface area contributed by atoms with Crippen LogP contribution in [-0.2, 0) is 16.1 Å². The average Bonchev–Trinajstić information content (AvgIpc) is 3.04. The van der Waals surface area contributed by atoms with Crippen LogP contribution in [0, 0.1) is 12.8 Å². The summed E-state index contributed by atoms with van der Waals surface area (Å²) in [5.41, 5.74) is 3.55. The molecule has 2 aromatic rings. The molecule has 1 saturated heterocycles. The molecule has 0 bridgehead atoms. The molecule has 4 nitrogen and oxygen atoms in total. The Hall–Kier alpha value is -1.72. The van der Waals surface area contributed by atoms with Crippen molar-refractivity contribution >= 4 is 17.3 Å². The van der Waals surface area contributed by atoms with Crippen LogP contribution in [0.5, 0.6) is 0 Å². The van der Waals surface area contributed by atoms with Crippen molar-refractivity contribution in [1.29, 1.82) is 0 Å². The van der Waals surface area contributed by atoms with E-state index < -0.39 is 0 Å². The molecule has 1 fully saturated rings. The van der Waals surface area contributed by atoms with Crippen LogP contribution in [0.25, 0.3) is 10.6 Å². The highest BCUT2D eigenvalue weighted by Crippen LogP contribution is 2.26. The highest BCUT2D eigenvalue weighted by Gasteiger charge is 2.25. The third-order valence-electron chi connectivity index (χ3n) is 4.36. The van der Waals surface area contributed by atoms with Gasteiger partial charge in [-0.25, -0.2) is 4.98 Å². The Morgan fingerprint density at radius 2 is 2.00 bits per heavy atom. The van der Waals surface area contributed by atoms with E-state index in [1.54, 1.807) is 11.3 Å². The highest BCUT2D eigenvalue weighted by atomic mass is 32.1. The number of rotatable bonds is 4. The molecule has 0 N–H and O–H groups in total. The zero-order chi connectivity index (χ0) is 16.2. The summed E-state index contributed by atoms with van der Waals surface area (Å²) in [6.07, 6.45) is 1.75. The molecule has 0 atom stereocenters. The zero-order valence-electron chi connectivity index (χ0n) is 13.6. The van der Waals surface area contributed by atoms with Crippen LogP contribution < -0.4 is 0 Å². The molecule has 0 amide bonds. The Bertz CT molecular complexity index is 658. The van der Waals surface area contributed by atoms with Gasteiger partial charge in [-0.15, -0.1) is 11.3 Å². The Morgan fingerprint density at radius 3 is 2.65 bits per heavy atom. The SMILES string of the molecule is COC(=O)C1CCN(Cc2csc(-c3ccc(C)cc3)n2)CC1. The second-order valence-corrected chi connectivity index (χ2v) is 6.94. The van der Waals surface area contributed by atoms with Crippen LogP contribution in [0.3, 0.4) is 0 Å². The van der Waals surface area contributed by atoms with Crippen molar-refractivity contribution in [3.8, 4) is 10.6 Å². The fourth-order valence-electron chi connectivity index (χ4n) is 2.93. The van der Waals surface area contributed by atoms with Crippen molar-refractivity contribution < 1.29 is 9.53 Å². The highest BCUT2D eigenvalue weighted by molar-refractivity contribution is 7.13. The first kappa shape index (κ1) is 16.1. The number of hydrogen-bond acceptors (Lipinski definition) is 5. The van der Waals surface area contributed by atoms with Crippen LogP contribution >= 0.6 is 11.3 Å². The van der Waals surface area contributed by atoms with Gasteiger partial charge in [0.1, 0.15) is 5.01 Å². The van der Waals surface area contributed by atoms with E-state index in [2.05, 4.69) is 41.5 Å². The number of piperidine rings is 1. The summed E-state index contributed by atoms with van der Waals surface area (Å²) in [7, 11) is 1.47. The van der Waals surface area contributed by atoms with Gasteiger partial charge in [0.2, 0.25) is 0 Å². The van der Waals surface area contributed by atoms with Gasteiger partial charge in [0.25, 0.3) is 0 Å². The molecule has 0 spiro atoms. The summed E-state index contributed by atoms with van der Waals surface area (Å²) in [4.78, 5) is 18.7. The molecule has 0 radical (unpaired) electrons. The maximum absolute atomic E-state index is 11.6. The number of esters is 1. The summed E-state index contributed by atoms with van der Waals surface area (Å²) in [6.45, 7) is 4.81. The topological polar surface area (TPSA) is 42.4 Å². The summed E-state index contributed by atoms with van der Waals surface area (Å²) in [5.74, 6) is -0.00484. The van der Waals surface area contributed by atoms with Crippen molar-refractivity contribution in [2.24, 2.45) is 5.92 Å². The number of likely N-dealkylation sites (tertiary alicyclic amines) is 1. The molecule has 5 heteroatoms. The van der Waals surface area contributed by atoms with Crippen LogP contribution in [0.2, 0.25) is 0 Å². The molecular formula is C18H22N2O2S. The number of methoxy groups -OCH3 is 1. The monoisotopic (exact) mass is 330 g/mol. The van der Waals surface area contributed by atoms with E-state index in [0.29, 0.717) is 0 Å². The van der Waals surface area contributed by atoms with Gasteiger partial charge < -0.3 is 4.74 Å². The Kier molecular flexibility index (Phi) is 5.08. The van der Waals surface area contributed by atoms with E-state index in [1.165, 1.54) is 18.2 Å². The van der Waals surface area contributed by atoms with E-state index in [9.17, 15) is 4.79 Å². The van der Waals surface area contributed by atoms with Crippen LogP contribution in [0.15, 0.2) is 29.6 Å². The van der Waals surface area contributed by atoms with E-state index in [4.69, 9.17) is 9.72 Å². The minimum absolute atomic E-state index is 0.0646. The lowest BCUT2D eigenvalue weighted by molar-refractivity contribution is -0.147. The summed E-state index contributed by atoms with van der Waals surface area (Å²) >= 11 is 1.69. The number of aryl methyl sites for hydroxylation is 1. The molecule has 1 aromatic carbocycles. The van der Waals surface area contributed by atoms with Gasteiger partial charge in [-0.3, -0.25) is 9.69 Å². The Balaban J connectivity index is 1.58.